The number of carbonyl (C=O) groups is 3. The van der Waals surface area contributed by atoms with Crippen molar-refractivity contribution in [3.63, 3.8) is 0 Å². The van der Waals surface area contributed by atoms with Gasteiger partial charge in [0, 0.05) is 6.42 Å². The van der Waals surface area contributed by atoms with E-state index in [0.717, 1.165) is 23.1 Å². The van der Waals surface area contributed by atoms with Crippen molar-refractivity contribution in [3.05, 3.63) is 103 Å². The van der Waals surface area contributed by atoms with Gasteiger partial charge in [-0.25, -0.2) is 4.79 Å². The average molecular weight is 490 g/mol. The van der Waals surface area contributed by atoms with Gasteiger partial charge < -0.3 is 4.74 Å². The maximum Gasteiger partial charge on any atom is 0.335 e. The highest BCUT2D eigenvalue weighted by molar-refractivity contribution is 6.09. The number of hydrogen-bond acceptors (Lipinski definition) is 4. The van der Waals surface area contributed by atoms with E-state index in [2.05, 4.69) is 12.2 Å². The summed E-state index contributed by atoms with van der Waals surface area (Å²) in [6.07, 6.45) is 5.62. The van der Waals surface area contributed by atoms with Gasteiger partial charge in [-0.3, -0.25) is 14.5 Å². The fraction of sp³-hybridized carbons (Fsp3) is 0.281. The number of imide groups is 1. The second kappa shape index (κ2) is 8.55. The summed E-state index contributed by atoms with van der Waals surface area (Å²) in [7, 11) is 0. The first-order valence-corrected chi connectivity index (χ1v) is 13.1. The van der Waals surface area contributed by atoms with Crippen molar-refractivity contribution in [1.82, 2.24) is 4.90 Å². The van der Waals surface area contributed by atoms with Crippen molar-refractivity contribution in [3.8, 4) is 16.9 Å². The van der Waals surface area contributed by atoms with Crippen molar-refractivity contribution in [2.24, 2.45) is 35.5 Å². The molecule has 0 N–H and O–H groups in total. The third-order valence-corrected chi connectivity index (χ3v) is 8.73. The van der Waals surface area contributed by atoms with E-state index >= 15 is 0 Å². The normalized spacial score (nSPS) is 29.6. The predicted molar refractivity (Wildman–Crippen MR) is 138 cm³/mol. The molecule has 0 spiro atoms. The molecular weight excluding hydrogens is 462 g/mol. The van der Waals surface area contributed by atoms with E-state index in [0.29, 0.717) is 17.6 Å². The first-order valence-electron chi connectivity index (χ1n) is 13.1. The van der Waals surface area contributed by atoms with Gasteiger partial charge in [0.25, 0.3) is 0 Å². The Morgan fingerprint density at radius 3 is 1.89 bits per heavy atom. The van der Waals surface area contributed by atoms with Gasteiger partial charge in [-0.05, 0) is 58.9 Å². The minimum atomic E-state index is -1.00. The van der Waals surface area contributed by atoms with Gasteiger partial charge in [0.1, 0.15) is 11.8 Å². The molecule has 3 aromatic rings. The molecule has 1 saturated heterocycles. The van der Waals surface area contributed by atoms with Crippen LogP contribution in [0.15, 0.2) is 97.1 Å². The van der Waals surface area contributed by atoms with E-state index in [-0.39, 0.29) is 41.9 Å². The van der Waals surface area contributed by atoms with Gasteiger partial charge in [-0.2, -0.15) is 0 Å². The lowest BCUT2D eigenvalue weighted by atomic mass is 9.63. The number of ether oxygens (including phenoxy) is 1. The van der Waals surface area contributed by atoms with Gasteiger partial charge >= 0.3 is 5.97 Å². The number of nitrogens with zero attached hydrogens (tertiary/aromatic N) is 1. The summed E-state index contributed by atoms with van der Waals surface area (Å²) in [5.41, 5.74) is 2.96. The summed E-state index contributed by atoms with van der Waals surface area (Å²) in [6, 6.07) is 25.8. The second-order valence-corrected chi connectivity index (χ2v) is 10.7. The molecule has 0 aromatic heterocycles. The van der Waals surface area contributed by atoms with E-state index in [9.17, 15) is 14.4 Å². The van der Waals surface area contributed by atoms with Crippen molar-refractivity contribution in [2.45, 2.75) is 18.9 Å². The van der Waals surface area contributed by atoms with E-state index in [1.54, 1.807) is 12.1 Å². The standard InChI is InChI=1S/C32H27NO4/c34-30-28-23-15-16-24(26-18-25(23)26)29(28)31(35)33(30)27(17-19-7-3-1-4-8-19)32(36)37-22-13-11-21(12-14-22)20-9-5-2-6-10-20/h1-16,23-29H,17-18H2/t23-,24-,25-,26-,27-,28+,29+/m1/s1. The number of hydrogen-bond donors (Lipinski definition) is 0. The van der Waals surface area contributed by atoms with Crippen LogP contribution < -0.4 is 4.74 Å². The summed E-state index contributed by atoms with van der Waals surface area (Å²) in [5, 5.41) is 0. The summed E-state index contributed by atoms with van der Waals surface area (Å²) < 4.78 is 5.80. The van der Waals surface area contributed by atoms with Crippen LogP contribution in [0.25, 0.3) is 11.1 Å². The summed E-state index contributed by atoms with van der Waals surface area (Å²) in [5.74, 6) is -0.0599. The molecule has 3 fully saturated rings. The number of esters is 1. The van der Waals surface area contributed by atoms with Crippen molar-refractivity contribution >= 4 is 17.8 Å². The minimum absolute atomic E-state index is 0.111. The Morgan fingerprint density at radius 1 is 0.757 bits per heavy atom. The van der Waals surface area contributed by atoms with Gasteiger partial charge in [0.15, 0.2) is 0 Å². The zero-order valence-electron chi connectivity index (χ0n) is 20.3. The van der Waals surface area contributed by atoms with E-state index < -0.39 is 12.0 Å². The molecule has 7 atom stereocenters. The van der Waals surface area contributed by atoms with Crippen LogP contribution in [0.4, 0.5) is 0 Å². The summed E-state index contributed by atoms with van der Waals surface area (Å²) >= 11 is 0. The highest BCUT2D eigenvalue weighted by Gasteiger charge is 2.68. The van der Waals surface area contributed by atoms with Crippen LogP contribution in [0.2, 0.25) is 0 Å². The summed E-state index contributed by atoms with van der Waals surface area (Å²) in [4.78, 5) is 42.4. The number of likely N-dealkylation sites (tertiary alicyclic amines) is 1. The molecule has 2 bridgehead atoms. The Labute approximate surface area is 215 Å². The van der Waals surface area contributed by atoms with Crippen LogP contribution in [-0.4, -0.2) is 28.7 Å². The first-order chi connectivity index (χ1) is 18.1. The van der Waals surface area contributed by atoms with Crippen LogP contribution in [0.5, 0.6) is 5.75 Å². The number of allylic oxidation sites excluding steroid dienone is 2. The molecule has 5 nitrogen and oxygen atoms in total. The molecule has 2 amide bonds. The van der Waals surface area contributed by atoms with Gasteiger partial charge in [0.05, 0.1) is 11.8 Å². The molecule has 1 aliphatic heterocycles. The highest BCUT2D eigenvalue weighted by atomic mass is 16.5. The Bertz CT molecular complexity index is 1360. The lowest BCUT2D eigenvalue weighted by Gasteiger charge is -2.37. The summed E-state index contributed by atoms with van der Waals surface area (Å²) in [6.45, 7) is 0. The number of amides is 2. The lowest BCUT2D eigenvalue weighted by Crippen LogP contribution is -2.48. The molecule has 3 aromatic carbocycles. The molecule has 0 unspecified atom stereocenters. The van der Waals surface area contributed by atoms with Gasteiger partial charge in [-0.15, -0.1) is 0 Å². The van der Waals surface area contributed by atoms with Crippen LogP contribution in [0.3, 0.4) is 0 Å². The van der Waals surface area contributed by atoms with Crippen LogP contribution in [-0.2, 0) is 20.8 Å². The van der Waals surface area contributed by atoms with Crippen molar-refractivity contribution < 1.29 is 19.1 Å². The third kappa shape index (κ3) is 3.64. The second-order valence-electron chi connectivity index (χ2n) is 10.7. The molecule has 2 saturated carbocycles. The van der Waals surface area contributed by atoms with Crippen molar-refractivity contribution in [2.75, 3.05) is 0 Å². The van der Waals surface area contributed by atoms with Crippen LogP contribution >= 0.6 is 0 Å². The zero-order chi connectivity index (χ0) is 25.1. The van der Waals surface area contributed by atoms with E-state index in [4.69, 9.17) is 4.74 Å². The monoisotopic (exact) mass is 489 g/mol. The van der Waals surface area contributed by atoms with E-state index in [1.807, 2.05) is 72.8 Å². The molecule has 5 aliphatic rings. The highest BCUT2D eigenvalue weighted by Crippen LogP contribution is 2.65. The number of benzene rings is 3. The molecule has 37 heavy (non-hydrogen) atoms. The lowest BCUT2D eigenvalue weighted by molar-refractivity contribution is -0.153. The first kappa shape index (κ1) is 22.2. The Kier molecular flexibility index (Phi) is 5.13. The predicted octanol–water partition coefficient (Wildman–Crippen LogP) is 4.92. The fourth-order valence-electron chi connectivity index (χ4n) is 6.93. The smallest absolute Gasteiger partial charge is 0.335 e. The quantitative estimate of drug-likeness (QED) is 0.213. The van der Waals surface area contributed by atoms with E-state index in [1.165, 1.54) is 4.90 Å². The van der Waals surface area contributed by atoms with Gasteiger partial charge in [-0.1, -0.05) is 84.9 Å². The average Bonchev–Trinajstić information content (AvgIpc) is 3.72. The maximum atomic E-state index is 13.8. The zero-order valence-corrected chi connectivity index (χ0v) is 20.3. The minimum Gasteiger partial charge on any atom is -0.425 e. The third-order valence-electron chi connectivity index (χ3n) is 8.73. The molecule has 5 heteroatoms. The maximum absolute atomic E-state index is 13.8. The van der Waals surface area contributed by atoms with Gasteiger partial charge in [0.2, 0.25) is 11.8 Å². The molecule has 8 rings (SSSR count). The fourth-order valence-corrected chi connectivity index (χ4v) is 6.93. The van der Waals surface area contributed by atoms with Crippen LogP contribution in [0.1, 0.15) is 12.0 Å². The van der Waals surface area contributed by atoms with Crippen molar-refractivity contribution in [1.29, 1.82) is 0 Å². The Morgan fingerprint density at radius 2 is 1.30 bits per heavy atom. The number of carbonyl (C=O) groups excluding carboxylic acids is 3. The molecule has 0 radical (unpaired) electrons. The number of rotatable bonds is 6. The SMILES string of the molecule is O=C(Oc1ccc(-c2ccccc2)cc1)[C@@H](Cc1ccccc1)N1C(=O)[C@H]2[C@@H]3C=C[C@H]([C@H]4C[C@H]34)[C@@H]2C1=O. The Hall–Kier alpha value is -3.99. The molecular formula is C32H27NO4. The Balaban J connectivity index is 1.17. The molecule has 184 valence electrons. The largest absolute Gasteiger partial charge is 0.425 e. The molecule has 4 aliphatic carbocycles. The van der Waals surface area contributed by atoms with Crippen LogP contribution in [0, 0.1) is 35.5 Å². The molecule has 1 heterocycles. The topological polar surface area (TPSA) is 63.7 Å².